The maximum atomic E-state index is 12.9. The second-order valence-electron chi connectivity index (χ2n) is 7.44. The lowest BCUT2D eigenvalue weighted by atomic mass is 9.96. The standard InChI is InChI=1S/C23H25N5O2/c1-17(18-6-8-20(9-7-18)30-21-5-2-10-24-14-21)27-23(29)19-4-3-13-28(16-19)22-15-25-11-12-26-22/h2,5-12,14-15,17,19H,3-4,13,16H2,1H3,(H,27,29). The molecule has 7 heteroatoms. The Bertz CT molecular complexity index is 950. The second-order valence-corrected chi connectivity index (χ2v) is 7.44. The van der Waals surface area contributed by atoms with Gasteiger partial charge in [-0.2, -0.15) is 0 Å². The van der Waals surface area contributed by atoms with E-state index in [2.05, 4.69) is 25.2 Å². The lowest BCUT2D eigenvalue weighted by Crippen LogP contribution is -2.44. The number of rotatable bonds is 6. The average Bonchev–Trinajstić information content (AvgIpc) is 2.81. The van der Waals surface area contributed by atoms with E-state index in [1.165, 1.54) is 0 Å². The van der Waals surface area contributed by atoms with E-state index in [0.717, 1.165) is 36.5 Å². The summed E-state index contributed by atoms with van der Waals surface area (Å²) in [5.41, 5.74) is 1.03. The molecule has 1 N–H and O–H groups in total. The zero-order chi connectivity index (χ0) is 20.8. The van der Waals surface area contributed by atoms with Gasteiger partial charge in [0.15, 0.2) is 0 Å². The molecule has 0 bridgehead atoms. The topological polar surface area (TPSA) is 80.2 Å². The Morgan fingerprint density at radius 3 is 2.67 bits per heavy atom. The lowest BCUT2D eigenvalue weighted by Gasteiger charge is -2.33. The summed E-state index contributed by atoms with van der Waals surface area (Å²) < 4.78 is 5.78. The molecule has 0 spiro atoms. The molecule has 2 aromatic heterocycles. The first-order valence-corrected chi connectivity index (χ1v) is 10.2. The van der Waals surface area contributed by atoms with Gasteiger partial charge in [0.1, 0.15) is 17.3 Å². The third-order valence-corrected chi connectivity index (χ3v) is 5.27. The number of benzene rings is 1. The van der Waals surface area contributed by atoms with Crippen LogP contribution in [-0.4, -0.2) is 33.9 Å². The van der Waals surface area contributed by atoms with E-state index in [9.17, 15) is 4.79 Å². The minimum atomic E-state index is -0.0863. The van der Waals surface area contributed by atoms with Gasteiger partial charge in [0.05, 0.1) is 24.4 Å². The zero-order valence-electron chi connectivity index (χ0n) is 16.9. The monoisotopic (exact) mass is 403 g/mol. The fourth-order valence-electron chi connectivity index (χ4n) is 3.64. The molecule has 4 rings (SSSR count). The van der Waals surface area contributed by atoms with Crippen LogP contribution in [-0.2, 0) is 4.79 Å². The van der Waals surface area contributed by atoms with Crippen molar-refractivity contribution in [2.24, 2.45) is 5.92 Å². The lowest BCUT2D eigenvalue weighted by molar-refractivity contribution is -0.125. The number of ether oxygens (including phenoxy) is 1. The molecule has 0 saturated carbocycles. The Kier molecular flexibility index (Phi) is 6.17. The van der Waals surface area contributed by atoms with Crippen LogP contribution in [0.4, 0.5) is 5.82 Å². The van der Waals surface area contributed by atoms with Gasteiger partial charge in [-0.05, 0) is 49.6 Å². The number of amides is 1. The molecule has 0 aliphatic carbocycles. The molecule has 30 heavy (non-hydrogen) atoms. The number of carbonyl (C=O) groups is 1. The maximum Gasteiger partial charge on any atom is 0.225 e. The highest BCUT2D eigenvalue weighted by atomic mass is 16.5. The van der Waals surface area contributed by atoms with Crippen LogP contribution >= 0.6 is 0 Å². The summed E-state index contributed by atoms with van der Waals surface area (Å²) in [5.74, 6) is 2.27. The molecule has 2 atom stereocenters. The van der Waals surface area contributed by atoms with E-state index in [1.54, 1.807) is 31.0 Å². The van der Waals surface area contributed by atoms with Crippen LogP contribution in [0.15, 0.2) is 67.4 Å². The number of nitrogens with zero attached hydrogens (tertiary/aromatic N) is 4. The Morgan fingerprint density at radius 2 is 1.93 bits per heavy atom. The van der Waals surface area contributed by atoms with Gasteiger partial charge in [0.2, 0.25) is 5.91 Å². The predicted octanol–water partition coefficient (Wildman–Crippen LogP) is 3.76. The Morgan fingerprint density at radius 1 is 1.10 bits per heavy atom. The van der Waals surface area contributed by atoms with Crippen molar-refractivity contribution in [3.05, 3.63) is 72.9 Å². The Balaban J connectivity index is 1.34. The summed E-state index contributed by atoms with van der Waals surface area (Å²) in [4.78, 5) is 27.5. The number of carbonyl (C=O) groups excluding carboxylic acids is 1. The van der Waals surface area contributed by atoms with E-state index in [0.29, 0.717) is 12.3 Å². The minimum Gasteiger partial charge on any atom is -0.456 e. The van der Waals surface area contributed by atoms with Crippen molar-refractivity contribution < 1.29 is 9.53 Å². The number of piperidine rings is 1. The van der Waals surface area contributed by atoms with E-state index < -0.39 is 0 Å². The smallest absolute Gasteiger partial charge is 0.225 e. The van der Waals surface area contributed by atoms with Crippen molar-refractivity contribution >= 4 is 11.7 Å². The second kappa shape index (κ2) is 9.35. The highest BCUT2D eigenvalue weighted by Crippen LogP contribution is 2.24. The molecule has 1 aromatic carbocycles. The first kappa shape index (κ1) is 19.8. The van der Waals surface area contributed by atoms with Gasteiger partial charge in [-0.3, -0.25) is 14.8 Å². The van der Waals surface area contributed by atoms with Gasteiger partial charge in [0.25, 0.3) is 0 Å². The molecule has 2 unspecified atom stereocenters. The number of nitrogens with one attached hydrogen (secondary N) is 1. The number of hydrogen-bond donors (Lipinski definition) is 1. The minimum absolute atomic E-state index is 0.0589. The van der Waals surface area contributed by atoms with Crippen LogP contribution in [0.3, 0.4) is 0 Å². The van der Waals surface area contributed by atoms with Gasteiger partial charge in [-0.25, -0.2) is 4.98 Å². The summed E-state index contributed by atoms with van der Waals surface area (Å²) in [5, 5.41) is 3.15. The number of pyridine rings is 1. The molecule has 1 aliphatic heterocycles. The third kappa shape index (κ3) is 4.92. The molecule has 1 fully saturated rings. The van der Waals surface area contributed by atoms with E-state index in [1.807, 2.05) is 43.3 Å². The van der Waals surface area contributed by atoms with Gasteiger partial charge in [-0.15, -0.1) is 0 Å². The highest BCUT2D eigenvalue weighted by Gasteiger charge is 2.27. The van der Waals surface area contributed by atoms with Crippen LogP contribution in [0.1, 0.15) is 31.4 Å². The van der Waals surface area contributed by atoms with Crippen molar-refractivity contribution in [1.29, 1.82) is 0 Å². The largest absolute Gasteiger partial charge is 0.456 e. The summed E-state index contributed by atoms with van der Waals surface area (Å²) in [6, 6.07) is 11.4. The van der Waals surface area contributed by atoms with Crippen LogP contribution in [0.25, 0.3) is 0 Å². The van der Waals surface area contributed by atoms with Gasteiger partial charge >= 0.3 is 0 Å². The highest BCUT2D eigenvalue weighted by molar-refractivity contribution is 5.80. The Labute approximate surface area is 176 Å². The molecular formula is C23H25N5O2. The van der Waals surface area contributed by atoms with Crippen molar-refractivity contribution in [2.45, 2.75) is 25.8 Å². The van der Waals surface area contributed by atoms with Crippen molar-refractivity contribution in [1.82, 2.24) is 20.3 Å². The predicted molar refractivity (Wildman–Crippen MR) is 114 cm³/mol. The zero-order valence-corrected chi connectivity index (χ0v) is 16.9. The van der Waals surface area contributed by atoms with Gasteiger partial charge in [-0.1, -0.05) is 12.1 Å². The molecule has 1 aliphatic rings. The molecule has 3 aromatic rings. The van der Waals surface area contributed by atoms with Crippen molar-refractivity contribution in [3.8, 4) is 11.5 Å². The quantitative estimate of drug-likeness (QED) is 0.675. The molecule has 1 saturated heterocycles. The van der Waals surface area contributed by atoms with Crippen LogP contribution in [0.2, 0.25) is 0 Å². The molecule has 7 nitrogen and oxygen atoms in total. The Hall–Kier alpha value is -3.48. The summed E-state index contributed by atoms with van der Waals surface area (Å²) in [7, 11) is 0. The van der Waals surface area contributed by atoms with E-state index >= 15 is 0 Å². The first-order valence-electron chi connectivity index (χ1n) is 10.2. The third-order valence-electron chi connectivity index (χ3n) is 5.27. The maximum absolute atomic E-state index is 12.9. The van der Waals surface area contributed by atoms with Crippen molar-refractivity contribution in [2.75, 3.05) is 18.0 Å². The molecule has 0 radical (unpaired) electrons. The fourth-order valence-corrected chi connectivity index (χ4v) is 3.64. The number of anilines is 1. The number of aromatic nitrogens is 3. The van der Waals surface area contributed by atoms with Crippen LogP contribution < -0.4 is 15.0 Å². The molecule has 3 heterocycles. The fraction of sp³-hybridized carbons (Fsp3) is 0.304. The molecule has 1 amide bonds. The summed E-state index contributed by atoms with van der Waals surface area (Å²) in [6.45, 7) is 3.56. The summed E-state index contributed by atoms with van der Waals surface area (Å²) in [6.07, 6.45) is 10.3. The van der Waals surface area contributed by atoms with E-state index in [4.69, 9.17) is 4.74 Å². The summed E-state index contributed by atoms with van der Waals surface area (Å²) >= 11 is 0. The van der Waals surface area contributed by atoms with Crippen molar-refractivity contribution in [3.63, 3.8) is 0 Å². The van der Waals surface area contributed by atoms with Gasteiger partial charge < -0.3 is 15.0 Å². The van der Waals surface area contributed by atoms with E-state index in [-0.39, 0.29) is 17.9 Å². The first-order chi connectivity index (χ1) is 14.7. The van der Waals surface area contributed by atoms with Crippen LogP contribution in [0, 0.1) is 5.92 Å². The average molecular weight is 403 g/mol. The molecular weight excluding hydrogens is 378 g/mol. The van der Waals surface area contributed by atoms with Crippen LogP contribution in [0.5, 0.6) is 11.5 Å². The SMILES string of the molecule is CC(NC(=O)C1CCCN(c2cnccn2)C1)c1ccc(Oc2cccnc2)cc1. The normalized spacial score (nSPS) is 17.2. The molecule has 154 valence electrons. The van der Waals surface area contributed by atoms with Gasteiger partial charge in [0, 0.05) is 31.7 Å². The number of hydrogen-bond acceptors (Lipinski definition) is 6.